The molecule has 0 fully saturated rings. The van der Waals surface area contributed by atoms with Gasteiger partial charge in [-0.1, -0.05) is 6.07 Å². The molecule has 1 N–H and O–H groups in total. The zero-order chi connectivity index (χ0) is 17.9. The summed E-state index contributed by atoms with van der Waals surface area (Å²) in [6, 6.07) is 9.64. The average molecular weight is 412 g/mol. The smallest absolute Gasteiger partial charge is 0.251 e. The number of nitrogens with one attached hydrogen (secondary N) is 1. The Morgan fingerprint density at radius 2 is 1.96 bits per heavy atom. The van der Waals surface area contributed by atoms with Crippen molar-refractivity contribution in [2.24, 2.45) is 0 Å². The normalized spacial score (nSPS) is 12.9. The van der Waals surface area contributed by atoms with Gasteiger partial charge in [-0.25, -0.2) is 12.7 Å². The summed E-state index contributed by atoms with van der Waals surface area (Å²) in [7, 11) is -0.766. The lowest BCUT2D eigenvalue weighted by atomic mass is 10.1. The minimum Gasteiger partial charge on any atom is -0.344 e. The molecule has 1 aromatic carbocycles. The Morgan fingerprint density at radius 3 is 2.54 bits per heavy atom. The van der Waals surface area contributed by atoms with Gasteiger partial charge in [0.2, 0.25) is 10.0 Å². The number of hydrogen-bond donors (Lipinski definition) is 1. The number of halogens is 1. The van der Waals surface area contributed by atoms with Crippen molar-refractivity contribution < 1.29 is 13.2 Å². The largest absolute Gasteiger partial charge is 0.344 e. The second kappa shape index (κ2) is 7.42. The summed E-state index contributed by atoms with van der Waals surface area (Å²) in [4.78, 5) is 16.7. The zero-order valence-electron chi connectivity index (χ0n) is 13.5. The second-order valence-corrected chi connectivity index (χ2v) is 8.36. The van der Waals surface area contributed by atoms with Crippen LogP contribution in [0.1, 0.15) is 29.0 Å². The maximum absolute atomic E-state index is 12.4. The van der Waals surface area contributed by atoms with Crippen LogP contribution in [0.4, 0.5) is 0 Å². The van der Waals surface area contributed by atoms with Crippen LogP contribution in [0.2, 0.25) is 0 Å². The highest BCUT2D eigenvalue weighted by atomic mass is 79.9. The Labute approximate surface area is 150 Å². The van der Waals surface area contributed by atoms with E-state index in [2.05, 4.69) is 26.2 Å². The van der Waals surface area contributed by atoms with E-state index in [0.717, 1.165) is 10.00 Å². The monoisotopic (exact) mass is 411 g/mol. The Kier molecular flexibility index (Phi) is 5.74. The maximum Gasteiger partial charge on any atom is 0.251 e. The van der Waals surface area contributed by atoms with Gasteiger partial charge in [-0.05, 0) is 53.2 Å². The molecule has 0 saturated carbocycles. The molecule has 2 aromatic rings. The molecule has 0 aliphatic carbocycles. The van der Waals surface area contributed by atoms with Gasteiger partial charge in [0.15, 0.2) is 0 Å². The molecule has 6 nitrogen and oxygen atoms in total. The van der Waals surface area contributed by atoms with Gasteiger partial charge in [0, 0.05) is 30.3 Å². The quantitative estimate of drug-likeness (QED) is 0.819. The zero-order valence-corrected chi connectivity index (χ0v) is 15.9. The SMILES string of the molecule is CC(NC(=O)c1ccc(Br)c(S(=O)(=O)N(C)C)c1)c1ccccn1. The second-order valence-electron chi connectivity index (χ2n) is 5.38. The summed E-state index contributed by atoms with van der Waals surface area (Å²) in [6.45, 7) is 1.82. The molecular formula is C16H18BrN3O3S. The van der Waals surface area contributed by atoms with Crippen LogP contribution >= 0.6 is 15.9 Å². The van der Waals surface area contributed by atoms with Crippen molar-refractivity contribution in [3.63, 3.8) is 0 Å². The van der Waals surface area contributed by atoms with E-state index < -0.39 is 10.0 Å². The fourth-order valence-corrected chi connectivity index (χ4v) is 3.87. The van der Waals surface area contributed by atoms with E-state index in [0.29, 0.717) is 4.47 Å². The molecule has 0 radical (unpaired) electrons. The van der Waals surface area contributed by atoms with Crippen molar-refractivity contribution in [3.05, 3.63) is 58.3 Å². The lowest BCUT2D eigenvalue weighted by Crippen LogP contribution is -2.28. The van der Waals surface area contributed by atoms with E-state index >= 15 is 0 Å². The third-order valence-corrected chi connectivity index (χ3v) is 6.24. The van der Waals surface area contributed by atoms with Gasteiger partial charge in [0.25, 0.3) is 5.91 Å². The molecule has 2 rings (SSSR count). The number of benzene rings is 1. The van der Waals surface area contributed by atoms with Gasteiger partial charge in [-0.15, -0.1) is 0 Å². The Hall–Kier alpha value is -1.77. The molecule has 1 atom stereocenters. The lowest BCUT2D eigenvalue weighted by molar-refractivity contribution is 0.0939. The highest BCUT2D eigenvalue weighted by Crippen LogP contribution is 2.25. The van der Waals surface area contributed by atoms with Crippen LogP contribution in [0, 0.1) is 0 Å². The molecule has 1 amide bonds. The summed E-state index contributed by atoms with van der Waals surface area (Å²) in [5, 5.41) is 2.81. The van der Waals surface area contributed by atoms with Crippen LogP contribution in [0.15, 0.2) is 52.0 Å². The van der Waals surface area contributed by atoms with E-state index in [-0.39, 0.29) is 22.4 Å². The number of pyridine rings is 1. The first-order valence-electron chi connectivity index (χ1n) is 7.17. The highest BCUT2D eigenvalue weighted by molar-refractivity contribution is 9.10. The van der Waals surface area contributed by atoms with Gasteiger partial charge in [-0.3, -0.25) is 9.78 Å². The summed E-state index contributed by atoms with van der Waals surface area (Å²) >= 11 is 3.22. The average Bonchev–Trinajstić information content (AvgIpc) is 2.55. The molecule has 128 valence electrons. The van der Waals surface area contributed by atoms with E-state index in [4.69, 9.17) is 0 Å². The topological polar surface area (TPSA) is 79.4 Å². The number of carbonyl (C=O) groups is 1. The van der Waals surface area contributed by atoms with Crippen LogP contribution in [-0.4, -0.2) is 37.7 Å². The van der Waals surface area contributed by atoms with E-state index in [1.807, 2.05) is 19.1 Å². The Balaban J connectivity index is 2.28. The molecule has 0 bridgehead atoms. The van der Waals surface area contributed by atoms with Gasteiger partial charge in [-0.2, -0.15) is 0 Å². The number of sulfonamides is 1. The minimum atomic E-state index is -3.65. The maximum atomic E-state index is 12.4. The molecule has 1 heterocycles. The number of carbonyl (C=O) groups excluding carboxylic acids is 1. The van der Waals surface area contributed by atoms with E-state index in [9.17, 15) is 13.2 Å². The van der Waals surface area contributed by atoms with Crippen LogP contribution < -0.4 is 5.32 Å². The van der Waals surface area contributed by atoms with Crippen molar-refractivity contribution in [2.45, 2.75) is 17.9 Å². The first-order chi connectivity index (χ1) is 11.2. The molecule has 1 aromatic heterocycles. The predicted molar refractivity (Wildman–Crippen MR) is 95.1 cm³/mol. The minimum absolute atomic E-state index is 0.0469. The van der Waals surface area contributed by atoms with Gasteiger partial charge in [0.05, 0.1) is 16.6 Å². The predicted octanol–water partition coefficient (Wildman–Crippen LogP) is 2.59. The van der Waals surface area contributed by atoms with Crippen LogP contribution in [0.25, 0.3) is 0 Å². The molecule has 0 aliphatic rings. The molecule has 0 spiro atoms. The third-order valence-electron chi connectivity index (χ3n) is 3.43. The van der Waals surface area contributed by atoms with Crippen molar-refractivity contribution in [3.8, 4) is 0 Å². The Morgan fingerprint density at radius 1 is 1.25 bits per heavy atom. The summed E-state index contributed by atoms with van der Waals surface area (Å²) in [5.41, 5.74) is 0.991. The van der Waals surface area contributed by atoms with Crippen LogP contribution in [0.5, 0.6) is 0 Å². The molecule has 24 heavy (non-hydrogen) atoms. The van der Waals surface area contributed by atoms with Crippen molar-refractivity contribution in [1.82, 2.24) is 14.6 Å². The fourth-order valence-electron chi connectivity index (χ4n) is 2.03. The Bertz CT molecular complexity index is 839. The molecule has 8 heteroatoms. The van der Waals surface area contributed by atoms with Crippen molar-refractivity contribution in [2.75, 3.05) is 14.1 Å². The first kappa shape index (κ1) is 18.6. The number of amides is 1. The van der Waals surface area contributed by atoms with Crippen molar-refractivity contribution in [1.29, 1.82) is 0 Å². The molecule has 0 saturated heterocycles. The third kappa shape index (κ3) is 4.00. The lowest BCUT2D eigenvalue weighted by Gasteiger charge is -2.16. The standard InChI is InChI=1S/C16H18BrN3O3S/c1-11(14-6-4-5-9-18-14)19-16(21)12-7-8-13(17)15(10-12)24(22,23)20(2)3/h4-11H,1-3H3,(H,19,21). The van der Waals surface area contributed by atoms with Crippen molar-refractivity contribution >= 4 is 31.9 Å². The molecule has 1 unspecified atom stereocenters. The van der Waals surface area contributed by atoms with E-state index in [1.165, 1.54) is 20.2 Å². The van der Waals surface area contributed by atoms with Gasteiger partial charge < -0.3 is 5.32 Å². The van der Waals surface area contributed by atoms with Gasteiger partial charge >= 0.3 is 0 Å². The summed E-state index contributed by atoms with van der Waals surface area (Å²) in [5.74, 6) is -0.365. The van der Waals surface area contributed by atoms with Crippen LogP contribution in [-0.2, 0) is 10.0 Å². The van der Waals surface area contributed by atoms with Crippen LogP contribution in [0.3, 0.4) is 0 Å². The highest BCUT2D eigenvalue weighted by Gasteiger charge is 2.22. The number of rotatable bonds is 5. The fraction of sp³-hybridized carbons (Fsp3) is 0.250. The molecular weight excluding hydrogens is 394 g/mol. The van der Waals surface area contributed by atoms with Gasteiger partial charge in [0.1, 0.15) is 0 Å². The number of nitrogens with zero attached hydrogens (tertiary/aromatic N) is 2. The molecule has 0 aliphatic heterocycles. The summed E-state index contributed by atoms with van der Waals surface area (Å²) in [6.07, 6.45) is 1.65. The number of hydrogen-bond acceptors (Lipinski definition) is 4. The first-order valence-corrected chi connectivity index (χ1v) is 9.40. The summed E-state index contributed by atoms with van der Waals surface area (Å²) < 4.78 is 26.2. The number of aromatic nitrogens is 1. The van der Waals surface area contributed by atoms with E-state index in [1.54, 1.807) is 24.4 Å².